The summed E-state index contributed by atoms with van der Waals surface area (Å²) in [4.78, 5) is 12.4. The van der Waals surface area contributed by atoms with Gasteiger partial charge in [-0.1, -0.05) is 6.92 Å². The Morgan fingerprint density at radius 1 is 1.50 bits per heavy atom. The number of carbonyl (C=O) groups excluding carboxylic acids is 1. The van der Waals surface area contributed by atoms with Crippen molar-refractivity contribution in [2.45, 2.75) is 37.6 Å². The highest BCUT2D eigenvalue weighted by Crippen LogP contribution is 2.33. The molecule has 0 aliphatic carbocycles. The van der Waals surface area contributed by atoms with E-state index in [1.54, 1.807) is 6.92 Å². The number of β-amino-alcohol motifs (C(OH)–C–C–N with tert-alkyl or cyclic N) is 1. The number of nitrogens with zero attached hydrogens (tertiary/aromatic N) is 1. The molecule has 1 aliphatic heterocycles. The summed E-state index contributed by atoms with van der Waals surface area (Å²) in [5.41, 5.74) is 1.03. The van der Waals surface area contributed by atoms with Crippen molar-refractivity contribution >= 4 is 5.91 Å². The molecule has 1 atom stereocenters. The van der Waals surface area contributed by atoms with Crippen LogP contribution in [0.2, 0.25) is 0 Å². The van der Waals surface area contributed by atoms with Gasteiger partial charge in [0.15, 0.2) is 5.54 Å². The van der Waals surface area contributed by atoms with E-state index in [9.17, 15) is 23.1 Å². The molecule has 1 saturated heterocycles. The zero-order valence-electron chi connectivity index (χ0n) is 9.14. The lowest BCUT2D eigenvalue weighted by Crippen LogP contribution is -2.71. The van der Waals surface area contributed by atoms with Crippen molar-refractivity contribution in [2.75, 3.05) is 13.1 Å². The van der Waals surface area contributed by atoms with Crippen molar-refractivity contribution in [3.63, 3.8) is 0 Å². The van der Waals surface area contributed by atoms with Gasteiger partial charge in [-0.05, 0) is 13.3 Å². The monoisotopic (exact) mass is 240 g/mol. The Morgan fingerprint density at radius 3 is 2.25 bits per heavy atom. The van der Waals surface area contributed by atoms with E-state index >= 15 is 0 Å². The van der Waals surface area contributed by atoms with Crippen LogP contribution in [0.5, 0.6) is 0 Å². The van der Waals surface area contributed by atoms with E-state index in [1.165, 1.54) is 0 Å². The number of amides is 1. The van der Waals surface area contributed by atoms with Crippen molar-refractivity contribution in [2.24, 2.45) is 5.73 Å². The smallest absolute Gasteiger partial charge is 0.386 e. The van der Waals surface area contributed by atoms with E-state index in [1.807, 2.05) is 0 Å². The molecule has 0 aromatic carbocycles. The lowest BCUT2D eigenvalue weighted by molar-refractivity contribution is -0.204. The van der Waals surface area contributed by atoms with Crippen LogP contribution in [0.25, 0.3) is 0 Å². The fourth-order valence-electron chi connectivity index (χ4n) is 1.48. The van der Waals surface area contributed by atoms with Crippen LogP contribution in [0.3, 0.4) is 0 Å². The third-order valence-corrected chi connectivity index (χ3v) is 2.95. The van der Waals surface area contributed by atoms with E-state index in [-0.39, 0.29) is 13.1 Å². The third-order valence-electron chi connectivity index (χ3n) is 2.95. The summed E-state index contributed by atoms with van der Waals surface area (Å²) in [7, 11) is 0. The first-order chi connectivity index (χ1) is 7.03. The first-order valence-corrected chi connectivity index (χ1v) is 4.91. The summed E-state index contributed by atoms with van der Waals surface area (Å²) in [6, 6.07) is 0. The molecule has 0 bridgehead atoms. The van der Waals surface area contributed by atoms with Crippen LogP contribution >= 0.6 is 0 Å². The Morgan fingerprint density at radius 2 is 1.94 bits per heavy atom. The number of aliphatic hydroxyl groups is 1. The highest BCUT2D eigenvalue weighted by molar-refractivity contribution is 5.87. The molecule has 1 amide bonds. The van der Waals surface area contributed by atoms with Crippen molar-refractivity contribution in [1.29, 1.82) is 0 Å². The maximum Gasteiger partial charge on any atom is 0.415 e. The fraction of sp³-hybridized carbons (Fsp3) is 0.889. The second kappa shape index (κ2) is 3.59. The molecule has 94 valence electrons. The number of hydrogen-bond acceptors (Lipinski definition) is 3. The number of likely N-dealkylation sites (tertiary alicyclic amines) is 1. The summed E-state index contributed by atoms with van der Waals surface area (Å²) >= 11 is 0. The molecule has 7 heteroatoms. The van der Waals surface area contributed by atoms with Crippen LogP contribution in [0, 0.1) is 0 Å². The van der Waals surface area contributed by atoms with E-state index in [2.05, 4.69) is 0 Å². The molecule has 1 aliphatic rings. The molecule has 3 N–H and O–H groups in total. The van der Waals surface area contributed by atoms with Crippen LogP contribution in [0.4, 0.5) is 13.2 Å². The highest BCUT2D eigenvalue weighted by Gasteiger charge is 2.58. The number of carbonyl (C=O) groups is 1. The first-order valence-electron chi connectivity index (χ1n) is 4.91. The van der Waals surface area contributed by atoms with Gasteiger partial charge in [0, 0.05) is 0 Å². The predicted octanol–water partition coefficient (Wildman–Crippen LogP) is 0.249. The molecule has 1 heterocycles. The third kappa shape index (κ3) is 2.01. The van der Waals surface area contributed by atoms with Crippen LogP contribution in [0.15, 0.2) is 0 Å². The van der Waals surface area contributed by atoms with Gasteiger partial charge < -0.3 is 15.7 Å². The van der Waals surface area contributed by atoms with E-state index in [4.69, 9.17) is 5.73 Å². The molecule has 0 aromatic heterocycles. The zero-order valence-corrected chi connectivity index (χ0v) is 9.14. The minimum Gasteiger partial charge on any atom is -0.386 e. The lowest BCUT2D eigenvalue weighted by Gasteiger charge is -2.48. The summed E-state index contributed by atoms with van der Waals surface area (Å²) < 4.78 is 37.3. The molecule has 1 rings (SSSR count). The van der Waals surface area contributed by atoms with E-state index in [0.29, 0.717) is 13.3 Å². The average Bonchev–Trinajstić information content (AvgIpc) is 2.09. The first kappa shape index (κ1) is 13.2. The van der Waals surface area contributed by atoms with Gasteiger partial charge in [-0.25, -0.2) is 0 Å². The topological polar surface area (TPSA) is 66.6 Å². The van der Waals surface area contributed by atoms with Crippen molar-refractivity contribution in [1.82, 2.24) is 4.90 Å². The molecular formula is C9H15F3N2O2. The quantitative estimate of drug-likeness (QED) is 0.727. The average molecular weight is 240 g/mol. The molecule has 1 fully saturated rings. The van der Waals surface area contributed by atoms with Gasteiger partial charge in [-0.3, -0.25) is 4.79 Å². The molecule has 0 saturated carbocycles. The Balaban J connectivity index is 2.69. The van der Waals surface area contributed by atoms with Gasteiger partial charge in [0.2, 0.25) is 0 Å². The number of halogens is 3. The van der Waals surface area contributed by atoms with E-state index < -0.39 is 23.2 Å². The second-order valence-corrected chi connectivity index (χ2v) is 4.44. The molecular weight excluding hydrogens is 225 g/mol. The van der Waals surface area contributed by atoms with Gasteiger partial charge in [0.25, 0.3) is 5.91 Å². The number of nitrogens with two attached hydrogens (primary N) is 1. The largest absolute Gasteiger partial charge is 0.415 e. The minimum atomic E-state index is -4.79. The fourth-order valence-corrected chi connectivity index (χ4v) is 1.48. The highest BCUT2D eigenvalue weighted by atomic mass is 19.4. The molecule has 4 nitrogen and oxygen atoms in total. The molecule has 0 spiro atoms. The Labute approximate surface area is 91.2 Å². The summed E-state index contributed by atoms with van der Waals surface area (Å²) in [6.45, 7) is 2.16. The Kier molecular flexibility index (Phi) is 2.98. The number of hydrogen-bond donors (Lipinski definition) is 2. The Bertz CT molecular complexity index is 296. The number of rotatable bonds is 2. The van der Waals surface area contributed by atoms with Gasteiger partial charge in [0.1, 0.15) is 0 Å². The Hall–Kier alpha value is -0.820. The van der Waals surface area contributed by atoms with Gasteiger partial charge in [-0.2, -0.15) is 13.2 Å². The second-order valence-electron chi connectivity index (χ2n) is 4.44. The predicted molar refractivity (Wildman–Crippen MR) is 50.5 cm³/mol. The zero-order chi connectivity index (χ0) is 12.8. The number of alkyl halides is 3. The standard InChI is InChI=1S/C9H15F3N2O2/c1-3-8(16)4-14(5-8)6(15)7(2,13)9(10,11)12/h16H,3-5,13H2,1-2H3. The normalized spacial score (nSPS) is 23.6. The minimum absolute atomic E-state index is 0.0921. The van der Waals surface area contributed by atoms with Gasteiger partial charge in [-0.15, -0.1) is 0 Å². The van der Waals surface area contributed by atoms with Crippen molar-refractivity contribution in [3.8, 4) is 0 Å². The lowest BCUT2D eigenvalue weighted by atomic mass is 9.88. The molecule has 0 aromatic rings. The van der Waals surface area contributed by atoms with Crippen molar-refractivity contribution in [3.05, 3.63) is 0 Å². The summed E-state index contributed by atoms with van der Waals surface area (Å²) in [5.74, 6) is -1.20. The van der Waals surface area contributed by atoms with Crippen LogP contribution in [-0.2, 0) is 4.79 Å². The SMILES string of the molecule is CCC1(O)CN(C(=O)C(C)(N)C(F)(F)F)C1. The van der Waals surface area contributed by atoms with Crippen LogP contribution in [-0.4, -0.2) is 46.3 Å². The van der Waals surface area contributed by atoms with Gasteiger partial charge >= 0.3 is 6.18 Å². The van der Waals surface area contributed by atoms with Crippen LogP contribution < -0.4 is 5.73 Å². The molecule has 16 heavy (non-hydrogen) atoms. The molecule has 0 radical (unpaired) electrons. The maximum atomic E-state index is 12.4. The maximum absolute atomic E-state index is 12.4. The summed E-state index contributed by atoms with van der Waals surface area (Å²) in [5, 5.41) is 9.59. The summed E-state index contributed by atoms with van der Waals surface area (Å²) in [6.07, 6.45) is -4.39. The molecule has 1 unspecified atom stereocenters. The van der Waals surface area contributed by atoms with E-state index in [0.717, 1.165) is 4.90 Å². The van der Waals surface area contributed by atoms with Crippen molar-refractivity contribution < 1.29 is 23.1 Å². The van der Waals surface area contributed by atoms with Gasteiger partial charge in [0.05, 0.1) is 18.7 Å². The van der Waals surface area contributed by atoms with Crippen LogP contribution in [0.1, 0.15) is 20.3 Å².